The molecule has 3 fully saturated rings. The number of hydrogen-bond donors (Lipinski definition) is 0. The van der Waals surface area contributed by atoms with Crippen LogP contribution in [0, 0.1) is 0 Å². The SMILES string of the molecule is COC1COCOC1C1OCOC2COCOC21. The number of methoxy groups -OCH3 is 1. The number of rotatable bonds is 2. The van der Waals surface area contributed by atoms with E-state index in [4.69, 9.17) is 33.2 Å². The van der Waals surface area contributed by atoms with E-state index in [0.29, 0.717) is 13.2 Å². The molecule has 0 N–H and O–H groups in total. The molecule has 5 atom stereocenters. The van der Waals surface area contributed by atoms with Crippen LogP contribution < -0.4 is 0 Å². The van der Waals surface area contributed by atoms with Crippen molar-refractivity contribution in [2.45, 2.75) is 30.5 Å². The van der Waals surface area contributed by atoms with Crippen LogP contribution in [-0.4, -0.2) is 71.2 Å². The minimum atomic E-state index is -0.221. The van der Waals surface area contributed by atoms with Gasteiger partial charge in [0, 0.05) is 7.11 Å². The Morgan fingerprint density at radius 3 is 2.33 bits per heavy atom. The van der Waals surface area contributed by atoms with Crippen LogP contribution in [-0.2, 0) is 33.2 Å². The van der Waals surface area contributed by atoms with Gasteiger partial charge in [-0.25, -0.2) is 0 Å². The summed E-state index contributed by atoms with van der Waals surface area (Å²) in [4.78, 5) is 0. The van der Waals surface area contributed by atoms with Gasteiger partial charge in [0.05, 0.1) is 13.2 Å². The second-order valence-corrected chi connectivity index (χ2v) is 4.47. The fraction of sp³-hybridized carbons (Fsp3) is 1.00. The lowest BCUT2D eigenvalue weighted by atomic mass is 9.97. The summed E-state index contributed by atoms with van der Waals surface area (Å²) in [5, 5.41) is 0. The Morgan fingerprint density at radius 1 is 0.778 bits per heavy atom. The van der Waals surface area contributed by atoms with Crippen LogP contribution in [0.5, 0.6) is 0 Å². The Morgan fingerprint density at radius 2 is 1.50 bits per heavy atom. The van der Waals surface area contributed by atoms with Gasteiger partial charge < -0.3 is 33.2 Å². The molecule has 18 heavy (non-hydrogen) atoms. The highest BCUT2D eigenvalue weighted by Gasteiger charge is 2.46. The maximum Gasteiger partial charge on any atom is 0.147 e. The highest BCUT2D eigenvalue weighted by molar-refractivity contribution is 4.92. The van der Waals surface area contributed by atoms with Crippen molar-refractivity contribution < 1.29 is 33.2 Å². The standard InChI is InChI=1S/C11H18O7/c1-12-7-2-13-4-16-9(7)11-10-8(15-6-18-11)3-14-5-17-10/h7-11H,2-6H2,1H3. The Labute approximate surface area is 105 Å². The summed E-state index contributed by atoms with van der Waals surface area (Å²) in [6.45, 7) is 1.74. The summed E-state index contributed by atoms with van der Waals surface area (Å²) >= 11 is 0. The van der Waals surface area contributed by atoms with Crippen molar-refractivity contribution in [3.05, 3.63) is 0 Å². The molecular weight excluding hydrogens is 244 g/mol. The molecule has 0 saturated carbocycles. The van der Waals surface area contributed by atoms with E-state index in [1.807, 2.05) is 0 Å². The van der Waals surface area contributed by atoms with E-state index in [1.165, 1.54) is 0 Å². The summed E-state index contributed by atoms with van der Waals surface area (Å²) in [5.41, 5.74) is 0. The summed E-state index contributed by atoms with van der Waals surface area (Å²) in [6.07, 6.45) is -0.886. The third-order valence-electron chi connectivity index (χ3n) is 3.48. The quantitative estimate of drug-likeness (QED) is 0.664. The van der Waals surface area contributed by atoms with Crippen molar-refractivity contribution in [2.24, 2.45) is 0 Å². The molecule has 0 bridgehead atoms. The van der Waals surface area contributed by atoms with Gasteiger partial charge in [0.2, 0.25) is 0 Å². The van der Waals surface area contributed by atoms with E-state index < -0.39 is 0 Å². The summed E-state index contributed by atoms with van der Waals surface area (Å²) < 4.78 is 38.2. The first-order valence-corrected chi connectivity index (χ1v) is 6.05. The van der Waals surface area contributed by atoms with E-state index in [0.717, 1.165) is 0 Å². The largest absolute Gasteiger partial charge is 0.376 e. The molecule has 3 heterocycles. The lowest BCUT2D eigenvalue weighted by molar-refractivity contribution is -0.335. The molecule has 7 nitrogen and oxygen atoms in total. The first-order valence-electron chi connectivity index (χ1n) is 6.05. The van der Waals surface area contributed by atoms with Gasteiger partial charge in [-0.05, 0) is 0 Å². The molecule has 0 aromatic rings. The van der Waals surface area contributed by atoms with Crippen LogP contribution in [0.2, 0.25) is 0 Å². The maximum atomic E-state index is 5.66. The second-order valence-electron chi connectivity index (χ2n) is 4.47. The average molecular weight is 262 g/mol. The minimum Gasteiger partial charge on any atom is -0.376 e. The third-order valence-corrected chi connectivity index (χ3v) is 3.48. The highest BCUT2D eigenvalue weighted by atomic mass is 16.8. The van der Waals surface area contributed by atoms with Gasteiger partial charge in [0.1, 0.15) is 50.9 Å². The van der Waals surface area contributed by atoms with Crippen molar-refractivity contribution in [1.82, 2.24) is 0 Å². The molecule has 0 amide bonds. The van der Waals surface area contributed by atoms with Crippen LogP contribution in [0.25, 0.3) is 0 Å². The number of hydrogen-bond acceptors (Lipinski definition) is 7. The van der Waals surface area contributed by atoms with Gasteiger partial charge in [-0.2, -0.15) is 0 Å². The third kappa shape index (κ3) is 2.39. The summed E-state index contributed by atoms with van der Waals surface area (Å²) in [6, 6.07) is 0. The van der Waals surface area contributed by atoms with Crippen LogP contribution in [0.1, 0.15) is 0 Å². The lowest BCUT2D eigenvalue weighted by Gasteiger charge is -2.45. The zero-order valence-corrected chi connectivity index (χ0v) is 10.3. The van der Waals surface area contributed by atoms with Crippen molar-refractivity contribution in [2.75, 3.05) is 40.7 Å². The maximum absolute atomic E-state index is 5.66. The van der Waals surface area contributed by atoms with E-state index in [1.54, 1.807) is 7.11 Å². The predicted octanol–water partition coefficient (Wildman–Crippen LogP) is -0.511. The molecule has 0 radical (unpaired) electrons. The smallest absolute Gasteiger partial charge is 0.147 e. The molecule has 3 aliphatic rings. The Balaban J connectivity index is 1.72. The predicted molar refractivity (Wildman–Crippen MR) is 56.8 cm³/mol. The van der Waals surface area contributed by atoms with Crippen molar-refractivity contribution >= 4 is 0 Å². The molecule has 0 spiro atoms. The van der Waals surface area contributed by atoms with E-state index in [9.17, 15) is 0 Å². The zero-order valence-electron chi connectivity index (χ0n) is 10.3. The van der Waals surface area contributed by atoms with Crippen LogP contribution >= 0.6 is 0 Å². The molecule has 0 aromatic carbocycles. The second kappa shape index (κ2) is 5.79. The molecule has 7 heteroatoms. The zero-order chi connectivity index (χ0) is 12.4. The summed E-state index contributed by atoms with van der Waals surface area (Å²) in [5.74, 6) is 0. The van der Waals surface area contributed by atoms with Crippen LogP contribution in [0.15, 0.2) is 0 Å². The van der Waals surface area contributed by atoms with Gasteiger partial charge in [-0.15, -0.1) is 0 Å². The van der Waals surface area contributed by atoms with Gasteiger partial charge in [-0.1, -0.05) is 0 Å². The van der Waals surface area contributed by atoms with Gasteiger partial charge in [-0.3, -0.25) is 0 Å². The van der Waals surface area contributed by atoms with Gasteiger partial charge in [0.15, 0.2) is 0 Å². The molecule has 5 unspecified atom stereocenters. The molecule has 3 saturated heterocycles. The summed E-state index contributed by atoms with van der Waals surface area (Å²) in [7, 11) is 1.64. The lowest BCUT2D eigenvalue weighted by Crippen LogP contribution is -2.61. The number of ether oxygens (including phenoxy) is 7. The first-order chi connectivity index (χ1) is 8.90. The van der Waals surface area contributed by atoms with Crippen LogP contribution in [0.3, 0.4) is 0 Å². The Kier molecular flexibility index (Phi) is 4.10. The monoisotopic (exact) mass is 262 g/mol. The molecule has 104 valence electrons. The molecule has 3 rings (SSSR count). The molecular formula is C11H18O7. The average Bonchev–Trinajstić information content (AvgIpc) is 2.46. The van der Waals surface area contributed by atoms with Gasteiger partial charge >= 0.3 is 0 Å². The first kappa shape index (κ1) is 12.7. The van der Waals surface area contributed by atoms with E-state index >= 15 is 0 Å². The molecule has 0 aromatic heterocycles. The Bertz CT molecular complexity index is 272. The van der Waals surface area contributed by atoms with E-state index in [-0.39, 0.29) is 50.9 Å². The van der Waals surface area contributed by atoms with Gasteiger partial charge in [0.25, 0.3) is 0 Å². The van der Waals surface area contributed by atoms with Crippen molar-refractivity contribution in [1.29, 1.82) is 0 Å². The number of fused-ring (bicyclic) bond motifs is 1. The van der Waals surface area contributed by atoms with E-state index in [2.05, 4.69) is 0 Å². The fourth-order valence-corrected chi connectivity index (χ4v) is 2.53. The topological polar surface area (TPSA) is 64.6 Å². The van der Waals surface area contributed by atoms with Crippen LogP contribution in [0.4, 0.5) is 0 Å². The van der Waals surface area contributed by atoms with Crippen molar-refractivity contribution in [3.63, 3.8) is 0 Å². The fourth-order valence-electron chi connectivity index (χ4n) is 2.53. The normalized spacial score (nSPS) is 45.5. The van der Waals surface area contributed by atoms with Crippen molar-refractivity contribution in [3.8, 4) is 0 Å². The minimum absolute atomic E-state index is 0.110. The molecule has 0 aliphatic carbocycles. The highest BCUT2D eigenvalue weighted by Crippen LogP contribution is 2.28. The molecule has 3 aliphatic heterocycles. The Hall–Kier alpha value is -0.280.